The second-order valence-corrected chi connectivity index (χ2v) is 8.53. The summed E-state index contributed by atoms with van der Waals surface area (Å²) in [5.41, 5.74) is 6.45. The fraction of sp³-hybridized carbons (Fsp3) is 0.455. The van der Waals surface area contributed by atoms with E-state index < -0.39 is 12.1 Å². The van der Waals surface area contributed by atoms with Gasteiger partial charge in [-0.05, 0) is 23.9 Å². The third-order valence-corrected chi connectivity index (χ3v) is 6.24. The largest absolute Gasteiger partial charge is 0.379 e. The summed E-state index contributed by atoms with van der Waals surface area (Å²) in [5, 5.41) is 4.66. The normalized spacial score (nSPS) is 16.6. The highest BCUT2D eigenvalue weighted by molar-refractivity contribution is 7.10. The van der Waals surface area contributed by atoms with Crippen molar-refractivity contribution >= 4 is 23.3 Å². The van der Waals surface area contributed by atoms with E-state index in [9.17, 15) is 9.59 Å². The highest BCUT2D eigenvalue weighted by Gasteiger charge is 2.27. The lowest BCUT2D eigenvalue weighted by molar-refractivity contribution is -0.135. The van der Waals surface area contributed by atoms with Gasteiger partial charge in [0.05, 0.1) is 25.7 Å². The summed E-state index contributed by atoms with van der Waals surface area (Å²) in [6, 6.07) is 12.8. The molecule has 1 saturated heterocycles. The molecule has 8 heteroatoms. The van der Waals surface area contributed by atoms with Gasteiger partial charge in [-0.15, -0.1) is 11.3 Å². The van der Waals surface area contributed by atoms with Crippen molar-refractivity contribution in [2.24, 2.45) is 5.73 Å². The molecule has 1 aliphatic heterocycles. The van der Waals surface area contributed by atoms with Crippen LogP contribution in [0, 0.1) is 0 Å². The lowest BCUT2D eigenvalue weighted by atomic mass is 10.1. The number of nitrogens with one attached hydrogen (secondary N) is 1. The average Bonchev–Trinajstić information content (AvgIpc) is 3.27. The zero-order valence-electron chi connectivity index (χ0n) is 17.3. The molecular formula is C22H30N4O3S. The van der Waals surface area contributed by atoms with Crippen LogP contribution < -0.4 is 11.1 Å². The maximum atomic E-state index is 13.4. The van der Waals surface area contributed by atoms with Crippen LogP contribution in [-0.4, -0.2) is 60.6 Å². The molecule has 1 aromatic heterocycles. The molecule has 1 aromatic carbocycles. The van der Waals surface area contributed by atoms with Crippen molar-refractivity contribution in [1.82, 2.24) is 15.1 Å². The van der Waals surface area contributed by atoms with Crippen molar-refractivity contribution in [1.29, 1.82) is 0 Å². The Balaban J connectivity index is 1.74. The Hall–Kier alpha value is -2.42. The van der Waals surface area contributed by atoms with Crippen LogP contribution in [0.3, 0.4) is 0 Å². The van der Waals surface area contributed by atoms with Gasteiger partial charge in [0.1, 0.15) is 0 Å². The number of rotatable bonds is 9. The van der Waals surface area contributed by atoms with E-state index >= 15 is 0 Å². The summed E-state index contributed by atoms with van der Waals surface area (Å²) in [6.07, 6.45) is 0.170. The van der Waals surface area contributed by atoms with Crippen molar-refractivity contribution in [2.75, 3.05) is 32.8 Å². The summed E-state index contributed by atoms with van der Waals surface area (Å²) >= 11 is 1.50. The van der Waals surface area contributed by atoms with Gasteiger partial charge in [0.25, 0.3) is 0 Å². The molecule has 2 atom stereocenters. The van der Waals surface area contributed by atoms with Crippen molar-refractivity contribution in [3.63, 3.8) is 0 Å². The molecule has 3 amide bonds. The maximum absolute atomic E-state index is 13.4. The van der Waals surface area contributed by atoms with Gasteiger partial charge < -0.3 is 20.7 Å². The van der Waals surface area contributed by atoms with Crippen molar-refractivity contribution in [2.45, 2.75) is 32.0 Å². The molecule has 0 radical (unpaired) electrons. The first kappa shape index (κ1) is 22.3. The van der Waals surface area contributed by atoms with Gasteiger partial charge in [0.15, 0.2) is 0 Å². The van der Waals surface area contributed by atoms with Crippen molar-refractivity contribution in [3.05, 3.63) is 58.3 Å². The van der Waals surface area contributed by atoms with E-state index in [2.05, 4.69) is 17.1 Å². The van der Waals surface area contributed by atoms with Crippen LogP contribution in [0.1, 0.15) is 29.8 Å². The Morgan fingerprint density at radius 2 is 1.93 bits per heavy atom. The third-order valence-electron chi connectivity index (χ3n) is 5.26. The van der Waals surface area contributed by atoms with E-state index in [4.69, 9.17) is 10.5 Å². The molecule has 0 bridgehead atoms. The fourth-order valence-corrected chi connectivity index (χ4v) is 4.48. The second kappa shape index (κ2) is 11.1. The van der Waals surface area contributed by atoms with Crippen LogP contribution in [0.15, 0.2) is 47.8 Å². The summed E-state index contributed by atoms with van der Waals surface area (Å²) < 4.78 is 5.44. The van der Waals surface area contributed by atoms with Crippen molar-refractivity contribution in [3.8, 4) is 0 Å². The molecule has 7 nitrogen and oxygen atoms in total. The Labute approximate surface area is 181 Å². The van der Waals surface area contributed by atoms with E-state index in [0.717, 1.165) is 43.3 Å². The van der Waals surface area contributed by atoms with Gasteiger partial charge in [-0.25, -0.2) is 4.79 Å². The zero-order chi connectivity index (χ0) is 21.3. The monoisotopic (exact) mass is 430 g/mol. The predicted molar refractivity (Wildman–Crippen MR) is 118 cm³/mol. The van der Waals surface area contributed by atoms with Crippen LogP contribution in [0.5, 0.6) is 0 Å². The molecule has 0 saturated carbocycles. The summed E-state index contributed by atoms with van der Waals surface area (Å²) in [6.45, 7) is 6.59. The minimum Gasteiger partial charge on any atom is -0.379 e. The smallest absolute Gasteiger partial charge is 0.312 e. The third kappa shape index (κ3) is 6.55. The van der Waals surface area contributed by atoms with E-state index in [1.165, 1.54) is 11.3 Å². The van der Waals surface area contributed by atoms with Crippen molar-refractivity contribution < 1.29 is 14.3 Å². The molecule has 3 rings (SSSR count). The number of carbonyl (C=O) groups is 2. The second-order valence-electron chi connectivity index (χ2n) is 7.55. The molecular weight excluding hydrogens is 400 g/mol. The summed E-state index contributed by atoms with van der Waals surface area (Å²) in [5.74, 6) is -0.00763. The quantitative estimate of drug-likeness (QED) is 0.640. The number of amides is 3. The number of carbonyl (C=O) groups excluding carboxylic acids is 2. The lowest BCUT2D eigenvalue weighted by Crippen LogP contribution is -2.48. The van der Waals surface area contributed by atoms with Crippen LogP contribution >= 0.6 is 11.3 Å². The molecule has 2 heterocycles. The molecule has 1 fully saturated rings. The molecule has 0 spiro atoms. The van der Waals surface area contributed by atoms with Crippen LogP contribution in [0.25, 0.3) is 0 Å². The number of urea groups is 1. The van der Waals surface area contributed by atoms with Gasteiger partial charge >= 0.3 is 6.03 Å². The summed E-state index contributed by atoms with van der Waals surface area (Å²) in [4.78, 5) is 30.1. The first-order chi connectivity index (χ1) is 14.5. The average molecular weight is 431 g/mol. The van der Waals surface area contributed by atoms with Gasteiger partial charge in [0, 0.05) is 37.1 Å². The number of hydrogen-bond donors (Lipinski definition) is 2. The van der Waals surface area contributed by atoms with Gasteiger partial charge in [-0.3, -0.25) is 9.69 Å². The Kier molecular flexibility index (Phi) is 8.24. The van der Waals surface area contributed by atoms with Gasteiger partial charge in [0.2, 0.25) is 5.91 Å². The number of morpholine rings is 1. The topological polar surface area (TPSA) is 87.9 Å². The molecule has 1 aliphatic rings. The first-order valence-corrected chi connectivity index (χ1v) is 11.1. The first-order valence-electron chi connectivity index (χ1n) is 10.3. The predicted octanol–water partition coefficient (Wildman–Crippen LogP) is 2.60. The number of ether oxygens (including phenoxy) is 1. The molecule has 30 heavy (non-hydrogen) atoms. The fourth-order valence-electron chi connectivity index (χ4n) is 3.70. The molecule has 0 aliphatic carbocycles. The van der Waals surface area contributed by atoms with E-state index in [1.54, 1.807) is 0 Å². The standard InChI is InChI=1S/C22H30N4O3S/c1-17(15-25-9-11-29-12-10-25)26(16-18-6-3-2-4-7-18)21(27)14-19(24-22(23)28)20-8-5-13-30-20/h2-8,13,17,19H,9-12,14-16H2,1H3,(H3,23,24,28). The molecule has 162 valence electrons. The highest BCUT2D eigenvalue weighted by Crippen LogP contribution is 2.24. The lowest BCUT2D eigenvalue weighted by Gasteiger charge is -2.36. The number of nitrogens with two attached hydrogens (primary N) is 1. The van der Waals surface area contributed by atoms with Crippen LogP contribution in [0.2, 0.25) is 0 Å². The number of thiophene rings is 1. The minimum atomic E-state index is -0.628. The number of hydrogen-bond acceptors (Lipinski definition) is 5. The van der Waals surface area contributed by atoms with Gasteiger partial charge in [-0.1, -0.05) is 36.4 Å². The summed E-state index contributed by atoms with van der Waals surface area (Å²) in [7, 11) is 0. The number of primary amides is 1. The zero-order valence-corrected chi connectivity index (χ0v) is 18.1. The van der Waals surface area contributed by atoms with E-state index in [0.29, 0.717) is 6.54 Å². The van der Waals surface area contributed by atoms with Crippen LogP contribution in [0.4, 0.5) is 4.79 Å². The Morgan fingerprint density at radius 1 is 1.20 bits per heavy atom. The Morgan fingerprint density at radius 3 is 2.57 bits per heavy atom. The molecule has 3 N–H and O–H groups in total. The number of benzene rings is 1. The molecule has 2 unspecified atom stereocenters. The Bertz CT molecular complexity index is 794. The van der Waals surface area contributed by atoms with E-state index in [1.807, 2.05) is 52.7 Å². The van der Waals surface area contributed by atoms with E-state index in [-0.39, 0.29) is 18.4 Å². The highest BCUT2D eigenvalue weighted by atomic mass is 32.1. The minimum absolute atomic E-state index is 0.00763. The SMILES string of the molecule is CC(CN1CCOCC1)N(Cc1ccccc1)C(=O)CC(NC(N)=O)c1cccs1. The van der Waals surface area contributed by atoms with Gasteiger partial charge in [-0.2, -0.15) is 0 Å². The molecule has 2 aromatic rings. The number of nitrogens with zero attached hydrogens (tertiary/aromatic N) is 2. The van der Waals surface area contributed by atoms with Crippen LogP contribution in [-0.2, 0) is 16.1 Å². The maximum Gasteiger partial charge on any atom is 0.312 e.